The van der Waals surface area contributed by atoms with Crippen molar-refractivity contribution in [1.82, 2.24) is 4.98 Å². The second kappa shape index (κ2) is 17.5. The van der Waals surface area contributed by atoms with Gasteiger partial charge in [-0.1, -0.05) is 93.6 Å². The van der Waals surface area contributed by atoms with E-state index in [9.17, 15) is 45.4 Å². The van der Waals surface area contributed by atoms with Crippen molar-refractivity contribution in [1.29, 1.82) is 0 Å². The molecule has 7 nitrogen and oxygen atoms in total. The molecule has 2 fully saturated rings. The number of aromatic hydroxyl groups is 1. The molecular weight excluding hydrogens is 870 g/mol. The SMILES string of the molecule is CC(C)(C)[Si](OCC1=C2[C@@H](CC/C(=C/c3ccc(O)c(F)c3)c3ccccn3)OC[C@@H]2[C@@H]2C(=O)N(c3cc(C(F)(F)F)cc(C(F)(F)F)c3)C(=O)[C@@H]2C1)(c1ccccc1)c1ccccc1. The molecule has 8 rings (SSSR count). The van der Waals surface area contributed by atoms with Gasteiger partial charge in [0.1, 0.15) is 0 Å². The molecule has 3 heterocycles. The summed E-state index contributed by atoms with van der Waals surface area (Å²) in [5.41, 5.74) is -0.986. The first kappa shape index (κ1) is 45.7. The van der Waals surface area contributed by atoms with Crippen LogP contribution in [0.4, 0.5) is 36.4 Å². The van der Waals surface area contributed by atoms with Crippen LogP contribution in [-0.2, 0) is 31.1 Å². The van der Waals surface area contributed by atoms with Crippen LogP contribution in [0.25, 0.3) is 11.6 Å². The summed E-state index contributed by atoms with van der Waals surface area (Å²) in [7, 11) is -3.23. The lowest BCUT2D eigenvalue weighted by Crippen LogP contribution is -2.66. The van der Waals surface area contributed by atoms with E-state index < -0.39 is 89.8 Å². The number of anilines is 1. The topological polar surface area (TPSA) is 89.0 Å². The average molecular weight is 915 g/mol. The highest BCUT2D eigenvalue weighted by Crippen LogP contribution is 2.52. The minimum absolute atomic E-state index is 0.0127. The van der Waals surface area contributed by atoms with Crippen molar-refractivity contribution in [3.8, 4) is 5.75 Å². The summed E-state index contributed by atoms with van der Waals surface area (Å²) < 4.78 is 113. The number of hydrogen-bond donors (Lipinski definition) is 1. The lowest BCUT2D eigenvalue weighted by atomic mass is 9.69. The molecule has 4 aromatic carbocycles. The molecule has 0 bridgehead atoms. The predicted molar refractivity (Wildman–Crippen MR) is 234 cm³/mol. The van der Waals surface area contributed by atoms with Gasteiger partial charge in [0, 0.05) is 12.1 Å². The van der Waals surface area contributed by atoms with Gasteiger partial charge in [-0.2, -0.15) is 26.3 Å². The maximum atomic E-state index is 14.5. The molecule has 2 aliphatic heterocycles. The number of carbonyl (C=O) groups excluding carboxylic acids is 2. The van der Waals surface area contributed by atoms with Gasteiger partial charge in [-0.25, -0.2) is 9.29 Å². The van der Waals surface area contributed by atoms with Gasteiger partial charge in [0.15, 0.2) is 11.6 Å². The maximum absolute atomic E-state index is 14.5. The third-order valence-corrected chi connectivity index (χ3v) is 17.7. The Balaban J connectivity index is 1.22. The summed E-state index contributed by atoms with van der Waals surface area (Å²) in [4.78, 5) is 34.0. The molecule has 1 aliphatic carbocycles. The number of ether oxygens (including phenoxy) is 1. The molecule has 0 radical (unpaired) electrons. The molecular formula is C50H45F7N2O5Si. The van der Waals surface area contributed by atoms with E-state index >= 15 is 0 Å². The number of aromatic nitrogens is 1. The standard InChI is InChI=1S/C50H45F7N2O5Si/c1-48(2,3)65(36-12-6-4-7-13-36,37-14-8-5-9-15-37)64-28-32-24-38-45(47(62)59(46(38)61)35-26-33(49(52,53)54)25-34(27-35)50(55,56)57)39-29-63-43(44(32)39)20-18-31(41-16-10-11-21-58-41)22-30-17-19-42(60)40(51)23-30/h4-17,19,21-23,25-27,38-39,43,45,60H,18,20,24,28-29H2,1-3H3/b31-22-/t38-,39+,43-,45-/m1/s1. The Hall–Kier alpha value is -5.90. The monoisotopic (exact) mass is 914 g/mol. The van der Waals surface area contributed by atoms with E-state index in [0.29, 0.717) is 57.9 Å². The molecule has 5 aromatic rings. The first-order chi connectivity index (χ1) is 30.8. The fourth-order valence-corrected chi connectivity index (χ4v) is 14.4. The molecule has 1 aromatic heterocycles. The third kappa shape index (κ3) is 8.80. The zero-order chi connectivity index (χ0) is 46.5. The van der Waals surface area contributed by atoms with E-state index in [-0.39, 0.29) is 25.7 Å². The molecule has 0 spiro atoms. The number of phenolic OH excluding ortho intramolecular Hbond substituents is 1. The van der Waals surface area contributed by atoms with E-state index in [1.807, 2.05) is 60.7 Å². The number of imide groups is 1. The first-order valence-corrected chi connectivity index (χ1v) is 23.0. The predicted octanol–water partition coefficient (Wildman–Crippen LogP) is 10.4. The number of halogens is 7. The molecule has 0 saturated carbocycles. The number of amides is 2. The third-order valence-electron chi connectivity index (χ3n) is 12.7. The number of carbonyl (C=O) groups is 2. The number of benzene rings is 4. The normalized spacial score (nSPS) is 20.6. The molecule has 0 unspecified atom stereocenters. The molecule has 4 atom stereocenters. The van der Waals surface area contributed by atoms with E-state index in [0.717, 1.165) is 10.4 Å². The first-order valence-electron chi connectivity index (χ1n) is 21.1. The fraction of sp³-hybridized carbons (Fsp3) is 0.300. The summed E-state index contributed by atoms with van der Waals surface area (Å²) in [5.74, 6) is -6.16. The lowest BCUT2D eigenvalue weighted by Gasteiger charge is -2.44. The van der Waals surface area contributed by atoms with Crippen molar-refractivity contribution in [2.24, 2.45) is 17.8 Å². The molecule has 3 aliphatic rings. The number of alkyl halides is 6. The summed E-state index contributed by atoms with van der Waals surface area (Å²) in [6.45, 7) is 6.24. The van der Waals surface area contributed by atoms with Crippen LogP contribution in [0.3, 0.4) is 0 Å². The average Bonchev–Trinajstić information content (AvgIpc) is 3.80. The zero-order valence-electron chi connectivity index (χ0n) is 35.6. The van der Waals surface area contributed by atoms with Gasteiger partial charge in [-0.05, 0) is 105 Å². The Kier molecular flexibility index (Phi) is 12.3. The van der Waals surface area contributed by atoms with E-state index in [1.165, 1.54) is 12.1 Å². The van der Waals surface area contributed by atoms with E-state index in [4.69, 9.17) is 9.16 Å². The van der Waals surface area contributed by atoms with E-state index in [2.05, 4.69) is 25.8 Å². The van der Waals surface area contributed by atoms with Crippen molar-refractivity contribution in [2.45, 2.75) is 63.5 Å². The van der Waals surface area contributed by atoms with Crippen LogP contribution in [0.5, 0.6) is 5.75 Å². The Bertz CT molecular complexity index is 2580. The Morgan fingerprint density at radius 3 is 1.98 bits per heavy atom. The van der Waals surface area contributed by atoms with Crippen LogP contribution in [0.1, 0.15) is 62.4 Å². The van der Waals surface area contributed by atoms with Crippen molar-refractivity contribution >= 4 is 47.8 Å². The summed E-state index contributed by atoms with van der Waals surface area (Å²) >= 11 is 0. The van der Waals surface area contributed by atoms with Gasteiger partial charge >= 0.3 is 12.4 Å². The quantitative estimate of drug-likeness (QED) is 0.0615. The van der Waals surface area contributed by atoms with Gasteiger partial charge in [0.05, 0.1) is 53.7 Å². The Labute approximate surface area is 372 Å². The molecule has 1 N–H and O–H groups in total. The molecule has 65 heavy (non-hydrogen) atoms. The number of rotatable bonds is 11. The van der Waals surface area contributed by atoms with Crippen molar-refractivity contribution in [3.05, 3.63) is 161 Å². The number of hydrogen-bond acceptors (Lipinski definition) is 6. The van der Waals surface area contributed by atoms with Crippen LogP contribution in [0.15, 0.2) is 133 Å². The largest absolute Gasteiger partial charge is 0.505 e. The minimum atomic E-state index is -5.21. The Morgan fingerprint density at radius 2 is 1.43 bits per heavy atom. The second-order valence-corrected chi connectivity index (χ2v) is 22.0. The van der Waals surface area contributed by atoms with Gasteiger partial charge in [-0.3, -0.25) is 14.6 Å². The minimum Gasteiger partial charge on any atom is -0.505 e. The Morgan fingerprint density at radius 1 is 0.815 bits per heavy atom. The summed E-state index contributed by atoms with van der Waals surface area (Å²) in [5, 5.41) is 11.3. The van der Waals surface area contributed by atoms with Crippen LogP contribution in [0, 0.1) is 23.6 Å². The number of phenols is 1. The molecule has 338 valence electrons. The van der Waals surface area contributed by atoms with Crippen LogP contribution < -0.4 is 15.3 Å². The number of fused-ring (bicyclic) bond motifs is 3. The van der Waals surface area contributed by atoms with Crippen LogP contribution >= 0.6 is 0 Å². The highest BCUT2D eigenvalue weighted by molar-refractivity contribution is 6.99. The van der Waals surface area contributed by atoms with Crippen molar-refractivity contribution in [3.63, 3.8) is 0 Å². The number of pyridine rings is 1. The lowest BCUT2D eigenvalue weighted by molar-refractivity contribution is -0.143. The van der Waals surface area contributed by atoms with Crippen LogP contribution in [0.2, 0.25) is 5.04 Å². The molecule has 15 heteroatoms. The number of allylic oxidation sites excluding steroid dienone is 1. The van der Waals surface area contributed by atoms with Crippen LogP contribution in [-0.4, -0.2) is 49.5 Å². The summed E-state index contributed by atoms with van der Waals surface area (Å²) in [6.07, 6.45) is -7.15. The fourth-order valence-electron chi connectivity index (χ4n) is 9.81. The van der Waals surface area contributed by atoms with Crippen molar-refractivity contribution < 1.29 is 54.6 Å². The maximum Gasteiger partial charge on any atom is 0.416 e. The van der Waals surface area contributed by atoms with Gasteiger partial charge in [0.2, 0.25) is 11.8 Å². The van der Waals surface area contributed by atoms with Crippen molar-refractivity contribution in [2.75, 3.05) is 18.1 Å². The zero-order valence-corrected chi connectivity index (χ0v) is 36.6. The number of nitrogens with zero attached hydrogens (tertiary/aromatic N) is 2. The molecule has 2 saturated heterocycles. The van der Waals surface area contributed by atoms with E-state index in [1.54, 1.807) is 36.5 Å². The highest BCUT2D eigenvalue weighted by Gasteiger charge is 2.58. The van der Waals surface area contributed by atoms with Gasteiger partial charge in [0.25, 0.3) is 8.32 Å². The van der Waals surface area contributed by atoms with Gasteiger partial charge < -0.3 is 14.3 Å². The smallest absolute Gasteiger partial charge is 0.416 e. The highest BCUT2D eigenvalue weighted by atomic mass is 28.4. The molecule has 2 amide bonds. The summed E-state index contributed by atoms with van der Waals surface area (Å²) in [6, 6.07) is 29.8. The second-order valence-electron chi connectivity index (χ2n) is 17.7. The van der Waals surface area contributed by atoms with Gasteiger partial charge in [-0.15, -0.1) is 0 Å².